The first-order valence-electron chi connectivity index (χ1n) is 7.65. The molecule has 0 unspecified atom stereocenters. The minimum Gasteiger partial charge on any atom is -0.376 e. The molecular weight excluding hydrogens is 300 g/mol. The van der Waals surface area contributed by atoms with Gasteiger partial charge < -0.3 is 15.0 Å². The lowest BCUT2D eigenvalue weighted by molar-refractivity contribution is -0.113. The lowest BCUT2D eigenvalue weighted by Crippen LogP contribution is -2.37. The molecule has 2 heterocycles. The van der Waals surface area contributed by atoms with Crippen LogP contribution in [0.25, 0.3) is 0 Å². The normalized spacial score (nSPS) is 20.4. The maximum atomic E-state index is 12.7. The second-order valence-corrected chi connectivity index (χ2v) is 6.54. The van der Waals surface area contributed by atoms with E-state index in [1.54, 1.807) is 6.07 Å². The molecule has 0 aromatic heterocycles. The van der Waals surface area contributed by atoms with Gasteiger partial charge in [0.2, 0.25) is 5.91 Å². The van der Waals surface area contributed by atoms with Gasteiger partial charge in [-0.15, -0.1) is 11.8 Å². The summed E-state index contributed by atoms with van der Waals surface area (Å²) in [6, 6.07) is 5.52. The number of nitrogens with zero attached hydrogens (tertiary/aromatic N) is 1. The Bertz CT molecular complexity index is 585. The van der Waals surface area contributed by atoms with E-state index < -0.39 is 0 Å². The lowest BCUT2D eigenvalue weighted by atomic mass is 10.1. The lowest BCUT2D eigenvalue weighted by Gasteiger charge is -2.25. The fraction of sp³-hybridized carbons (Fsp3) is 0.500. The molecule has 6 heteroatoms. The number of amides is 2. The molecule has 3 rings (SSSR count). The van der Waals surface area contributed by atoms with Gasteiger partial charge >= 0.3 is 0 Å². The molecule has 1 aromatic carbocycles. The van der Waals surface area contributed by atoms with Gasteiger partial charge in [0.1, 0.15) is 0 Å². The largest absolute Gasteiger partial charge is 0.376 e. The van der Waals surface area contributed by atoms with E-state index in [0.29, 0.717) is 24.4 Å². The average molecular weight is 320 g/mol. The molecule has 0 bridgehead atoms. The number of likely N-dealkylation sites (N-methyl/N-ethyl adjacent to an activating group) is 1. The summed E-state index contributed by atoms with van der Waals surface area (Å²) in [5, 5.41) is 2.83. The number of carbonyl (C=O) groups is 2. The molecule has 2 aliphatic rings. The second-order valence-electron chi connectivity index (χ2n) is 5.53. The summed E-state index contributed by atoms with van der Waals surface area (Å²) >= 11 is 1.50. The van der Waals surface area contributed by atoms with Crippen LogP contribution in [0.4, 0.5) is 5.69 Å². The third-order valence-corrected chi connectivity index (χ3v) is 5.05. The van der Waals surface area contributed by atoms with Crippen LogP contribution in [0.5, 0.6) is 0 Å². The Labute approximate surface area is 134 Å². The van der Waals surface area contributed by atoms with Crippen molar-refractivity contribution in [3.8, 4) is 0 Å². The minimum absolute atomic E-state index is 0.00868. The predicted octanol–water partition coefficient (Wildman–Crippen LogP) is 2.37. The molecule has 118 valence electrons. The highest BCUT2D eigenvalue weighted by Crippen LogP contribution is 2.32. The molecule has 1 fully saturated rings. The number of ether oxygens (including phenoxy) is 1. The number of benzene rings is 1. The molecule has 2 aliphatic heterocycles. The maximum Gasteiger partial charge on any atom is 0.254 e. The van der Waals surface area contributed by atoms with Gasteiger partial charge in [-0.3, -0.25) is 9.59 Å². The molecule has 1 aromatic rings. The second kappa shape index (κ2) is 6.71. The van der Waals surface area contributed by atoms with E-state index in [1.165, 1.54) is 11.8 Å². The highest BCUT2D eigenvalue weighted by atomic mass is 32.2. The van der Waals surface area contributed by atoms with Crippen LogP contribution >= 0.6 is 11.8 Å². The number of anilines is 1. The molecule has 2 amide bonds. The number of thioether (sulfide) groups is 1. The van der Waals surface area contributed by atoms with Gasteiger partial charge in [0.05, 0.1) is 17.5 Å². The van der Waals surface area contributed by atoms with Crippen LogP contribution in [0.3, 0.4) is 0 Å². The summed E-state index contributed by atoms with van der Waals surface area (Å²) in [5.41, 5.74) is 1.35. The number of rotatable bonds is 4. The molecule has 22 heavy (non-hydrogen) atoms. The summed E-state index contributed by atoms with van der Waals surface area (Å²) in [6.07, 6.45) is 2.23. The zero-order valence-electron chi connectivity index (χ0n) is 12.6. The zero-order valence-corrected chi connectivity index (χ0v) is 13.4. The van der Waals surface area contributed by atoms with Crippen molar-refractivity contribution < 1.29 is 14.3 Å². The Balaban J connectivity index is 1.75. The summed E-state index contributed by atoms with van der Waals surface area (Å²) in [4.78, 5) is 27.0. The van der Waals surface area contributed by atoms with Gasteiger partial charge in [-0.05, 0) is 38.0 Å². The molecule has 1 atom stereocenters. The van der Waals surface area contributed by atoms with Crippen molar-refractivity contribution >= 4 is 29.3 Å². The number of hydrogen-bond acceptors (Lipinski definition) is 4. The Morgan fingerprint density at radius 1 is 1.50 bits per heavy atom. The monoisotopic (exact) mass is 320 g/mol. The van der Waals surface area contributed by atoms with Crippen LogP contribution in [0.2, 0.25) is 0 Å². The highest BCUT2D eigenvalue weighted by molar-refractivity contribution is 8.00. The van der Waals surface area contributed by atoms with Crippen LogP contribution in [0, 0.1) is 0 Å². The first kappa shape index (κ1) is 15.4. The highest BCUT2D eigenvalue weighted by Gasteiger charge is 2.24. The fourth-order valence-corrected chi connectivity index (χ4v) is 3.58. The van der Waals surface area contributed by atoms with E-state index >= 15 is 0 Å². The van der Waals surface area contributed by atoms with Gasteiger partial charge in [-0.25, -0.2) is 0 Å². The third kappa shape index (κ3) is 3.28. The predicted molar refractivity (Wildman–Crippen MR) is 86.3 cm³/mol. The number of fused-ring (bicyclic) bond motifs is 1. The van der Waals surface area contributed by atoms with E-state index in [1.807, 2.05) is 24.0 Å². The van der Waals surface area contributed by atoms with Crippen molar-refractivity contribution in [2.24, 2.45) is 0 Å². The summed E-state index contributed by atoms with van der Waals surface area (Å²) < 4.78 is 5.62. The van der Waals surface area contributed by atoms with E-state index in [-0.39, 0.29) is 17.9 Å². The first-order valence-corrected chi connectivity index (χ1v) is 8.63. The van der Waals surface area contributed by atoms with Crippen molar-refractivity contribution in [1.29, 1.82) is 0 Å². The first-order chi connectivity index (χ1) is 10.7. The van der Waals surface area contributed by atoms with Crippen LogP contribution < -0.4 is 5.32 Å². The molecule has 0 spiro atoms. The van der Waals surface area contributed by atoms with Crippen molar-refractivity contribution in [2.45, 2.75) is 30.8 Å². The smallest absolute Gasteiger partial charge is 0.254 e. The Morgan fingerprint density at radius 2 is 2.36 bits per heavy atom. The summed E-state index contributed by atoms with van der Waals surface area (Å²) in [5.74, 6) is 0.403. The molecular formula is C16H20N2O3S. The fourth-order valence-electron chi connectivity index (χ4n) is 2.79. The maximum absolute atomic E-state index is 12.7. The van der Waals surface area contributed by atoms with Crippen LogP contribution in [-0.4, -0.2) is 48.3 Å². The van der Waals surface area contributed by atoms with Crippen molar-refractivity contribution in [3.05, 3.63) is 23.8 Å². The van der Waals surface area contributed by atoms with Crippen LogP contribution in [0.1, 0.15) is 30.1 Å². The van der Waals surface area contributed by atoms with E-state index in [2.05, 4.69) is 5.32 Å². The van der Waals surface area contributed by atoms with Crippen LogP contribution in [0.15, 0.2) is 23.1 Å². The van der Waals surface area contributed by atoms with E-state index in [9.17, 15) is 9.59 Å². The van der Waals surface area contributed by atoms with Crippen molar-refractivity contribution in [1.82, 2.24) is 4.90 Å². The van der Waals surface area contributed by atoms with Crippen molar-refractivity contribution in [3.63, 3.8) is 0 Å². The van der Waals surface area contributed by atoms with E-state index in [4.69, 9.17) is 4.74 Å². The van der Waals surface area contributed by atoms with Gasteiger partial charge in [-0.2, -0.15) is 0 Å². The quantitative estimate of drug-likeness (QED) is 0.925. The van der Waals surface area contributed by atoms with Crippen LogP contribution in [-0.2, 0) is 9.53 Å². The average Bonchev–Trinajstić information content (AvgIpc) is 3.04. The van der Waals surface area contributed by atoms with Gasteiger partial charge in [0.25, 0.3) is 5.91 Å². The zero-order chi connectivity index (χ0) is 15.5. The summed E-state index contributed by atoms with van der Waals surface area (Å²) in [6.45, 7) is 4.05. The molecule has 5 nitrogen and oxygen atoms in total. The molecule has 0 saturated carbocycles. The SMILES string of the molecule is CCN(C[C@@H]1CCCO1)C(=O)c1ccc2c(c1)NC(=O)CS2. The summed E-state index contributed by atoms with van der Waals surface area (Å²) in [7, 11) is 0. The molecule has 1 saturated heterocycles. The molecule has 1 N–H and O–H groups in total. The van der Waals surface area contributed by atoms with E-state index in [0.717, 1.165) is 30.0 Å². The van der Waals surface area contributed by atoms with Gasteiger partial charge in [0.15, 0.2) is 0 Å². The Morgan fingerprint density at radius 3 is 3.09 bits per heavy atom. The van der Waals surface area contributed by atoms with Crippen molar-refractivity contribution in [2.75, 3.05) is 30.8 Å². The Kier molecular flexibility index (Phi) is 4.69. The van der Waals surface area contributed by atoms with Gasteiger partial charge in [0, 0.05) is 30.2 Å². The third-order valence-electron chi connectivity index (χ3n) is 3.98. The number of nitrogens with one attached hydrogen (secondary N) is 1. The van der Waals surface area contributed by atoms with Gasteiger partial charge in [-0.1, -0.05) is 0 Å². The minimum atomic E-state index is -0.0196. The Hall–Kier alpha value is -1.53. The molecule has 0 radical (unpaired) electrons. The molecule has 0 aliphatic carbocycles. The topological polar surface area (TPSA) is 58.6 Å². The number of hydrogen-bond donors (Lipinski definition) is 1. The standard InChI is InChI=1S/C16H20N2O3S/c1-2-18(9-12-4-3-7-21-12)16(20)11-5-6-14-13(8-11)17-15(19)10-22-14/h5-6,8,12H,2-4,7,9-10H2,1H3,(H,17,19)/t12-/m0/s1. The number of carbonyl (C=O) groups excluding carboxylic acids is 2.